The highest BCUT2D eigenvalue weighted by Gasteiger charge is 2.17. The van der Waals surface area contributed by atoms with Crippen molar-refractivity contribution in [1.82, 2.24) is 15.0 Å². The lowest BCUT2D eigenvalue weighted by Crippen LogP contribution is -2.05. The molecule has 9 nitrogen and oxygen atoms in total. The van der Waals surface area contributed by atoms with Crippen molar-refractivity contribution in [2.75, 3.05) is 0 Å². The molecular formula is C18H10N4O5. The number of benzene rings is 2. The Labute approximate surface area is 149 Å². The number of H-pyrrole nitrogens is 2. The van der Waals surface area contributed by atoms with Gasteiger partial charge in [0, 0.05) is 29.1 Å². The maximum absolute atomic E-state index is 12.7. The summed E-state index contributed by atoms with van der Waals surface area (Å²) in [7, 11) is 0. The fourth-order valence-electron chi connectivity index (χ4n) is 3.16. The van der Waals surface area contributed by atoms with Gasteiger partial charge in [-0.2, -0.15) is 0 Å². The van der Waals surface area contributed by atoms with Gasteiger partial charge in [0.1, 0.15) is 29.0 Å². The maximum Gasteiger partial charge on any atom is 0.270 e. The average Bonchev–Trinajstić information content (AvgIpc) is 3.19. The Balaban J connectivity index is 1.73. The zero-order chi connectivity index (χ0) is 18.7. The minimum atomic E-state index is -0.469. The number of phenolic OH excluding ortho intramolecular Hbond substituents is 1. The highest BCUT2D eigenvalue weighted by molar-refractivity contribution is 6.05. The van der Waals surface area contributed by atoms with Gasteiger partial charge in [-0.05, 0) is 18.2 Å². The minimum absolute atomic E-state index is 0.00206. The third-order valence-corrected chi connectivity index (χ3v) is 4.45. The molecule has 0 spiro atoms. The SMILES string of the molecule is O=c1c(-c2nc3[nH]c4ccc([N+](=O)[O-])cc4c3[nH]2)coc2cc(O)ccc12. The van der Waals surface area contributed by atoms with Crippen LogP contribution in [0.2, 0.25) is 0 Å². The highest BCUT2D eigenvalue weighted by Crippen LogP contribution is 2.29. The number of hydrogen-bond donors (Lipinski definition) is 3. The molecule has 0 bridgehead atoms. The molecule has 3 heterocycles. The molecule has 0 amide bonds. The number of aromatic nitrogens is 3. The molecule has 0 aliphatic carbocycles. The summed E-state index contributed by atoms with van der Waals surface area (Å²) in [5.41, 5.74) is 1.88. The lowest BCUT2D eigenvalue weighted by atomic mass is 10.1. The summed E-state index contributed by atoms with van der Waals surface area (Å²) >= 11 is 0. The molecule has 0 aliphatic rings. The molecule has 0 unspecified atom stereocenters. The van der Waals surface area contributed by atoms with Crippen LogP contribution < -0.4 is 5.43 Å². The van der Waals surface area contributed by atoms with Crippen molar-refractivity contribution >= 4 is 38.7 Å². The minimum Gasteiger partial charge on any atom is -0.508 e. The number of rotatable bonds is 2. The van der Waals surface area contributed by atoms with Crippen LogP contribution in [-0.4, -0.2) is 25.0 Å². The van der Waals surface area contributed by atoms with E-state index in [0.29, 0.717) is 27.5 Å². The first-order valence-corrected chi connectivity index (χ1v) is 7.92. The van der Waals surface area contributed by atoms with Crippen molar-refractivity contribution in [2.45, 2.75) is 0 Å². The van der Waals surface area contributed by atoms with Crippen LogP contribution in [0.1, 0.15) is 0 Å². The summed E-state index contributed by atoms with van der Waals surface area (Å²) < 4.78 is 5.45. The van der Waals surface area contributed by atoms with E-state index in [4.69, 9.17) is 4.42 Å². The van der Waals surface area contributed by atoms with Crippen LogP contribution in [0, 0.1) is 10.1 Å². The summed E-state index contributed by atoms with van der Waals surface area (Å²) in [6, 6.07) is 8.71. The van der Waals surface area contributed by atoms with Crippen molar-refractivity contribution in [3.63, 3.8) is 0 Å². The number of imidazole rings is 1. The third kappa shape index (κ3) is 2.18. The predicted molar refractivity (Wildman–Crippen MR) is 97.7 cm³/mol. The van der Waals surface area contributed by atoms with Crippen molar-refractivity contribution in [1.29, 1.82) is 0 Å². The Hall–Kier alpha value is -4.14. The molecule has 3 N–H and O–H groups in total. The number of fused-ring (bicyclic) bond motifs is 4. The fraction of sp³-hybridized carbons (Fsp3) is 0. The first kappa shape index (κ1) is 15.1. The van der Waals surface area contributed by atoms with Gasteiger partial charge in [0.05, 0.1) is 15.8 Å². The molecule has 3 aromatic heterocycles. The average molecular weight is 362 g/mol. The normalized spacial score (nSPS) is 11.6. The van der Waals surface area contributed by atoms with Gasteiger partial charge in [-0.25, -0.2) is 4.98 Å². The molecule has 5 aromatic rings. The first-order chi connectivity index (χ1) is 13.0. The summed E-state index contributed by atoms with van der Waals surface area (Å²) in [6.07, 6.45) is 1.27. The smallest absolute Gasteiger partial charge is 0.270 e. The molecule has 9 heteroatoms. The Kier molecular flexibility index (Phi) is 2.90. The van der Waals surface area contributed by atoms with Gasteiger partial charge in [0.25, 0.3) is 5.69 Å². The van der Waals surface area contributed by atoms with E-state index < -0.39 is 4.92 Å². The van der Waals surface area contributed by atoms with Crippen molar-refractivity contribution in [3.05, 3.63) is 63.0 Å². The van der Waals surface area contributed by atoms with Gasteiger partial charge in [0.2, 0.25) is 5.43 Å². The Morgan fingerprint density at radius 1 is 1.11 bits per heavy atom. The van der Waals surface area contributed by atoms with Crippen LogP contribution in [0.3, 0.4) is 0 Å². The van der Waals surface area contributed by atoms with Crippen LogP contribution >= 0.6 is 0 Å². The number of nitro benzene ring substituents is 1. The zero-order valence-corrected chi connectivity index (χ0v) is 13.5. The number of nitrogens with one attached hydrogen (secondary N) is 2. The number of phenols is 1. The second kappa shape index (κ2) is 5.18. The third-order valence-electron chi connectivity index (χ3n) is 4.45. The van der Waals surface area contributed by atoms with E-state index in [1.165, 1.54) is 36.6 Å². The van der Waals surface area contributed by atoms with E-state index in [-0.39, 0.29) is 33.8 Å². The van der Waals surface area contributed by atoms with E-state index in [1.54, 1.807) is 6.07 Å². The topological polar surface area (TPSA) is 138 Å². The van der Waals surface area contributed by atoms with Crippen LogP contribution in [0.4, 0.5) is 5.69 Å². The van der Waals surface area contributed by atoms with Gasteiger partial charge in [0.15, 0.2) is 5.65 Å². The number of aromatic hydroxyl groups is 1. The molecule has 0 saturated carbocycles. The van der Waals surface area contributed by atoms with Crippen LogP contribution in [0.5, 0.6) is 5.75 Å². The van der Waals surface area contributed by atoms with Gasteiger partial charge in [-0.3, -0.25) is 14.9 Å². The number of nitro groups is 1. The molecular weight excluding hydrogens is 352 g/mol. The first-order valence-electron chi connectivity index (χ1n) is 7.92. The van der Waals surface area contributed by atoms with Gasteiger partial charge in [-0.1, -0.05) is 0 Å². The fourth-order valence-corrected chi connectivity index (χ4v) is 3.16. The molecule has 0 aliphatic heterocycles. The van der Waals surface area contributed by atoms with Crippen LogP contribution in [0.25, 0.3) is 44.4 Å². The Bertz CT molecular complexity index is 1440. The lowest BCUT2D eigenvalue weighted by Gasteiger charge is -2.00. The molecule has 27 heavy (non-hydrogen) atoms. The van der Waals surface area contributed by atoms with E-state index in [1.807, 2.05) is 0 Å². The van der Waals surface area contributed by atoms with Crippen LogP contribution in [0.15, 0.2) is 51.9 Å². The van der Waals surface area contributed by atoms with E-state index in [2.05, 4.69) is 15.0 Å². The molecule has 0 atom stereocenters. The maximum atomic E-state index is 12.7. The summed E-state index contributed by atoms with van der Waals surface area (Å²) in [5.74, 6) is 0.283. The molecule has 132 valence electrons. The van der Waals surface area contributed by atoms with Crippen LogP contribution in [-0.2, 0) is 0 Å². The number of nitrogens with zero attached hydrogens (tertiary/aromatic N) is 2. The van der Waals surface area contributed by atoms with Gasteiger partial charge < -0.3 is 19.5 Å². The standard InChI is InChI=1S/C18H10N4O5/c23-9-2-3-10-14(6-9)27-7-12(16(10)24)17-20-15-11-5-8(22(25)26)1-4-13(11)19-18(15)21-17/h1-7,19,23H,(H,20,21). The largest absolute Gasteiger partial charge is 0.508 e. The molecule has 0 fully saturated rings. The number of hydrogen-bond acceptors (Lipinski definition) is 6. The molecule has 0 radical (unpaired) electrons. The number of non-ortho nitro benzene ring substituents is 1. The van der Waals surface area contributed by atoms with Crippen molar-refractivity contribution < 1.29 is 14.4 Å². The molecule has 0 saturated heterocycles. The van der Waals surface area contributed by atoms with Crippen molar-refractivity contribution in [2.24, 2.45) is 0 Å². The van der Waals surface area contributed by atoms with E-state index >= 15 is 0 Å². The summed E-state index contributed by atoms with van der Waals surface area (Å²) in [4.78, 5) is 33.8. The highest BCUT2D eigenvalue weighted by atomic mass is 16.6. The van der Waals surface area contributed by atoms with E-state index in [0.717, 1.165) is 0 Å². The second-order valence-electron chi connectivity index (χ2n) is 6.08. The molecule has 2 aromatic carbocycles. The summed E-state index contributed by atoms with van der Waals surface area (Å²) in [6.45, 7) is 0. The van der Waals surface area contributed by atoms with Gasteiger partial charge >= 0.3 is 0 Å². The number of aromatic amines is 2. The zero-order valence-electron chi connectivity index (χ0n) is 13.5. The van der Waals surface area contributed by atoms with E-state index in [9.17, 15) is 20.0 Å². The lowest BCUT2D eigenvalue weighted by molar-refractivity contribution is -0.384. The predicted octanol–water partition coefficient (Wildman–Crippen LogP) is 3.43. The van der Waals surface area contributed by atoms with Crippen molar-refractivity contribution in [3.8, 4) is 17.1 Å². The molecule has 5 rings (SSSR count). The summed E-state index contributed by atoms with van der Waals surface area (Å²) in [5, 5.41) is 21.4. The Morgan fingerprint density at radius 3 is 2.78 bits per heavy atom. The van der Waals surface area contributed by atoms with Gasteiger partial charge in [-0.15, -0.1) is 0 Å². The quantitative estimate of drug-likeness (QED) is 0.325. The second-order valence-corrected chi connectivity index (χ2v) is 6.08. The Morgan fingerprint density at radius 2 is 1.96 bits per heavy atom. The monoisotopic (exact) mass is 362 g/mol.